The largest absolute Gasteiger partial charge is 0.355 e. The third kappa shape index (κ3) is 1.84. The summed E-state index contributed by atoms with van der Waals surface area (Å²) in [7, 11) is 0. The Labute approximate surface area is 123 Å². The number of fused-ring (bicyclic) bond motifs is 2. The van der Waals surface area contributed by atoms with E-state index >= 15 is 0 Å². The van der Waals surface area contributed by atoms with Crippen LogP contribution in [0.2, 0.25) is 0 Å². The highest BCUT2D eigenvalue weighted by molar-refractivity contribution is 7.18. The Balaban J connectivity index is 1.70. The van der Waals surface area contributed by atoms with Crippen LogP contribution in [-0.4, -0.2) is 29.1 Å². The molecule has 1 aliphatic heterocycles. The fourth-order valence-corrected chi connectivity index (χ4v) is 4.73. The topological polar surface area (TPSA) is 55.0 Å². The maximum absolute atomic E-state index is 6.24. The van der Waals surface area contributed by atoms with Gasteiger partial charge in [-0.25, -0.2) is 9.97 Å². The average molecular weight is 288 g/mol. The molecule has 20 heavy (non-hydrogen) atoms. The first-order valence-corrected chi connectivity index (χ1v) is 8.32. The first-order chi connectivity index (χ1) is 9.76. The molecule has 5 heteroatoms. The van der Waals surface area contributed by atoms with Crippen molar-refractivity contribution in [2.75, 3.05) is 18.0 Å². The predicted octanol–water partition coefficient (Wildman–Crippen LogP) is 2.43. The lowest BCUT2D eigenvalue weighted by Gasteiger charge is -2.20. The summed E-state index contributed by atoms with van der Waals surface area (Å²) in [4.78, 5) is 13.9. The molecule has 1 saturated heterocycles. The van der Waals surface area contributed by atoms with Gasteiger partial charge in [-0.1, -0.05) is 6.92 Å². The highest BCUT2D eigenvalue weighted by Gasteiger charge is 2.41. The van der Waals surface area contributed by atoms with Crippen LogP contribution in [0, 0.1) is 11.8 Å². The van der Waals surface area contributed by atoms with Crippen LogP contribution in [0.4, 0.5) is 5.82 Å². The molecule has 3 heterocycles. The number of nitrogens with zero attached hydrogens (tertiary/aromatic N) is 3. The second-order valence-corrected chi connectivity index (χ2v) is 7.17. The van der Waals surface area contributed by atoms with E-state index < -0.39 is 0 Å². The van der Waals surface area contributed by atoms with E-state index in [1.165, 1.54) is 23.1 Å². The van der Waals surface area contributed by atoms with Crippen molar-refractivity contribution >= 4 is 27.4 Å². The van der Waals surface area contributed by atoms with E-state index in [0.29, 0.717) is 12.0 Å². The number of hydrogen-bond donors (Lipinski definition) is 1. The molecule has 106 valence electrons. The summed E-state index contributed by atoms with van der Waals surface area (Å²) >= 11 is 1.79. The SMILES string of the molecule is CCc1cc2c(N3CC4CCC(N)C4C3)ncnc2s1. The van der Waals surface area contributed by atoms with Gasteiger partial charge in [-0.3, -0.25) is 0 Å². The fourth-order valence-electron chi connectivity index (χ4n) is 3.80. The summed E-state index contributed by atoms with van der Waals surface area (Å²) in [5.41, 5.74) is 6.24. The molecule has 3 atom stereocenters. The van der Waals surface area contributed by atoms with Crippen LogP contribution in [0.3, 0.4) is 0 Å². The van der Waals surface area contributed by atoms with Gasteiger partial charge in [0.2, 0.25) is 0 Å². The van der Waals surface area contributed by atoms with Crippen LogP contribution in [0.1, 0.15) is 24.6 Å². The van der Waals surface area contributed by atoms with Crippen molar-refractivity contribution in [2.45, 2.75) is 32.2 Å². The van der Waals surface area contributed by atoms with Crippen LogP contribution in [-0.2, 0) is 6.42 Å². The molecule has 1 aliphatic carbocycles. The van der Waals surface area contributed by atoms with Crippen molar-refractivity contribution in [3.8, 4) is 0 Å². The first kappa shape index (κ1) is 12.5. The smallest absolute Gasteiger partial charge is 0.140 e. The van der Waals surface area contributed by atoms with E-state index in [0.717, 1.165) is 36.1 Å². The molecule has 0 radical (unpaired) electrons. The third-order valence-electron chi connectivity index (χ3n) is 4.92. The summed E-state index contributed by atoms with van der Waals surface area (Å²) in [5.74, 6) is 2.54. The summed E-state index contributed by atoms with van der Waals surface area (Å²) in [6.45, 7) is 4.37. The lowest BCUT2D eigenvalue weighted by atomic mass is 9.98. The number of rotatable bonds is 2. The Morgan fingerprint density at radius 2 is 2.25 bits per heavy atom. The summed E-state index contributed by atoms with van der Waals surface area (Å²) in [5, 5.41) is 1.22. The first-order valence-electron chi connectivity index (χ1n) is 7.50. The predicted molar refractivity (Wildman–Crippen MR) is 83.2 cm³/mol. The molecule has 2 fully saturated rings. The monoisotopic (exact) mass is 288 g/mol. The fraction of sp³-hybridized carbons (Fsp3) is 0.600. The van der Waals surface area contributed by atoms with Gasteiger partial charge >= 0.3 is 0 Å². The summed E-state index contributed by atoms with van der Waals surface area (Å²) in [6, 6.07) is 2.65. The van der Waals surface area contributed by atoms with Gasteiger partial charge in [0.15, 0.2) is 0 Å². The Morgan fingerprint density at radius 1 is 1.35 bits per heavy atom. The molecule has 2 aromatic heterocycles. The highest BCUT2D eigenvalue weighted by Crippen LogP contribution is 2.40. The zero-order valence-electron chi connectivity index (χ0n) is 11.7. The summed E-state index contributed by atoms with van der Waals surface area (Å²) < 4.78 is 0. The quantitative estimate of drug-likeness (QED) is 0.922. The van der Waals surface area contributed by atoms with Crippen LogP contribution < -0.4 is 10.6 Å². The number of anilines is 1. The van der Waals surface area contributed by atoms with Gasteiger partial charge in [0.05, 0.1) is 5.39 Å². The van der Waals surface area contributed by atoms with Crippen LogP contribution >= 0.6 is 11.3 Å². The Hall–Kier alpha value is -1.20. The van der Waals surface area contributed by atoms with Gasteiger partial charge in [0, 0.05) is 24.0 Å². The Morgan fingerprint density at radius 3 is 3.05 bits per heavy atom. The van der Waals surface area contributed by atoms with Crippen LogP contribution in [0.15, 0.2) is 12.4 Å². The average Bonchev–Trinajstić information content (AvgIpc) is 3.13. The molecule has 2 N–H and O–H groups in total. The van der Waals surface area contributed by atoms with Crippen molar-refractivity contribution < 1.29 is 0 Å². The van der Waals surface area contributed by atoms with Crippen LogP contribution in [0.25, 0.3) is 10.2 Å². The molecule has 0 aromatic carbocycles. The van der Waals surface area contributed by atoms with Crippen molar-refractivity contribution in [1.29, 1.82) is 0 Å². The molecule has 3 unspecified atom stereocenters. The Bertz CT molecular complexity index is 638. The zero-order valence-corrected chi connectivity index (χ0v) is 12.6. The van der Waals surface area contributed by atoms with E-state index in [1.807, 2.05) is 0 Å². The minimum Gasteiger partial charge on any atom is -0.355 e. The molecule has 0 spiro atoms. The van der Waals surface area contributed by atoms with E-state index in [2.05, 4.69) is 27.9 Å². The van der Waals surface area contributed by atoms with Gasteiger partial charge < -0.3 is 10.6 Å². The number of aryl methyl sites for hydroxylation is 1. The minimum absolute atomic E-state index is 0.385. The zero-order chi connectivity index (χ0) is 13.7. The molecular weight excluding hydrogens is 268 g/mol. The summed E-state index contributed by atoms with van der Waals surface area (Å²) in [6.07, 6.45) is 5.25. The lowest BCUT2D eigenvalue weighted by Crippen LogP contribution is -2.30. The number of hydrogen-bond acceptors (Lipinski definition) is 5. The van der Waals surface area contributed by atoms with E-state index in [9.17, 15) is 0 Å². The molecule has 0 bridgehead atoms. The Kier molecular flexibility index (Phi) is 2.93. The van der Waals surface area contributed by atoms with Gasteiger partial charge in [-0.15, -0.1) is 11.3 Å². The number of thiophene rings is 1. The second-order valence-electron chi connectivity index (χ2n) is 6.05. The standard InChI is InChI=1S/C15H20N4S/c1-2-10-5-11-14(17-8-18-15(11)20-10)19-6-9-3-4-13(16)12(9)7-19/h5,8-9,12-13H,2-4,6-7,16H2,1H3. The number of nitrogens with two attached hydrogens (primary N) is 1. The maximum atomic E-state index is 6.24. The third-order valence-corrected chi connectivity index (χ3v) is 6.11. The lowest BCUT2D eigenvalue weighted by molar-refractivity contribution is 0.453. The molecule has 0 amide bonds. The van der Waals surface area contributed by atoms with Gasteiger partial charge in [-0.2, -0.15) is 0 Å². The number of aromatic nitrogens is 2. The van der Waals surface area contributed by atoms with Crippen molar-refractivity contribution in [3.05, 3.63) is 17.3 Å². The van der Waals surface area contributed by atoms with E-state index in [-0.39, 0.29) is 0 Å². The van der Waals surface area contributed by atoms with Crippen molar-refractivity contribution in [1.82, 2.24) is 9.97 Å². The van der Waals surface area contributed by atoms with Gasteiger partial charge in [-0.05, 0) is 37.2 Å². The molecule has 4 nitrogen and oxygen atoms in total. The minimum atomic E-state index is 0.385. The highest BCUT2D eigenvalue weighted by atomic mass is 32.1. The van der Waals surface area contributed by atoms with E-state index in [1.54, 1.807) is 17.7 Å². The molecule has 4 rings (SSSR count). The molecule has 2 aromatic rings. The molecule has 2 aliphatic rings. The van der Waals surface area contributed by atoms with Crippen molar-refractivity contribution in [2.24, 2.45) is 17.6 Å². The molecule has 1 saturated carbocycles. The van der Waals surface area contributed by atoms with Crippen molar-refractivity contribution in [3.63, 3.8) is 0 Å². The normalized spacial score (nSPS) is 29.3. The van der Waals surface area contributed by atoms with Gasteiger partial charge in [0.25, 0.3) is 0 Å². The van der Waals surface area contributed by atoms with Gasteiger partial charge in [0.1, 0.15) is 17.0 Å². The van der Waals surface area contributed by atoms with Crippen LogP contribution in [0.5, 0.6) is 0 Å². The molecular formula is C15H20N4S. The van der Waals surface area contributed by atoms with E-state index in [4.69, 9.17) is 5.73 Å². The maximum Gasteiger partial charge on any atom is 0.140 e. The second kappa shape index (κ2) is 4.67.